The maximum Gasteiger partial charge on any atom is 0.237 e. The van der Waals surface area contributed by atoms with Gasteiger partial charge in [-0.15, -0.1) is 0 Å². The van der Waals surface area contributed by atoms with Crippen molar-refractivity contribution in [2.24, 2.45) is 0 Å². The minimum Gasteiger partial charge on any atom is -0.496 e. The van der Waals surface area contributed by atoms with Crippen LogP contribution in [0.25, 0.3) is 0 Å². The number of hydrogen-bond donors (Lipinski definition) is 2. The molecule has 4 heteroatoms. The summed E-state index contributed by atoms with van der Waals surface area (Å²) >= 11 is 0. The van der Waals surface area contributed by atoms with E-state index in [-0.39, 0.29) is 11.9 Å². The molecule has 1 unspecified atom stereocenters. The smallest absolute Gasteiger partial charge is 0.237 e. The number of rotatable bonds is 4. The van der Waals surface area contributed by atoms with Crippen LogP contribution in [0.15, 0.2) is 18.2 Å². The van der Waals surface area contributed by atoms with E-state index >= 15 is 0 Å². The topological polar surface area (TPSA) is 50.4 Å². The van der Waals surface area contributed by atoms with Gasteiger partial charge in [-0.1, -0.05) is 18.6 Å². The van der Waals surface area contributed by atoms with Gasteiger partial charge in [0.2, 0.25) is 5.91 Å². The molecule has 1 aliphatic heterocycles. The van der Waals surface area contributed by atoms with Crippen molar-refractivity contribution < 1.29 is 9.53 Å². The zero-order valence-electron chi connectivity index (χ0n) is 11.7. The standard InChI is InChI=1S/C15H22N2O2/c1-11-9-12(6-7-14(11)19-2)10-17-15(18)13-5-3-4-8-16-13/h6-7,9,13,16H,3-5,8,10H2,1-2H3,(H,17,18). The Morgan fingerprint density at radius 1 is 1.47 bits per heavy atom. The summed E-state index contributed by atoms with van der Waals surface area (Å²) in [5, 5.41) is 6.24. The normalized spacial score (nSPS) is 18.9. The van der Waals surface area contributed by atoms with Crippen LogP contribution in [-0.2, 0) is 11.3 Å². The largest absolute Gasteiger partial charge is 0.496 e. The maximum atomic E-state index is 12.0. The molecule has 1 aliphatic rings. The number of hydrogen-bond acceptors (Lipinski definition) is 3. The van der Waals surface area contributed by atoms with Crippen LogP contribution >= 0.6 is 0 Å². The number of benzene rings is 1. The van der Waals surface area contributed by atoms with E-state index in [1.165, 1.54) is 6.42 Å². The molecule has 2 rings (SSSR count). The monoisotopic (exact) mass is 262 g/mol. The molecule has 1 atom stereocenters. The lowest BCUT2D eigenvalue weighted by Crippen LogP contribution is -2.46. The van der Waals surface area contributed by atoms with Gasteiger partial charge in [-0.3, -0.25) is 4.79 Å². The maximum absolute atomic E-state index is 12.0. The molecular formula is C15H22N2O2. The summed E-state index contributed by atoms with van der Waals surface area (Å²) < 4.78 is 5.22. The van der Waals surface area contributed by atoms with Crippen molar-refractivity contribution in [3.05, 3.63) is 29.3 Å². The van der Waals surface area contributed by atoms with Gasteiger partial charge < -0.3 is 15.4 Å². The van der Waals surface area contributed by atoms with E-state index in [0.717, 1.165) is 36.3 Å². The van der Waals surface area contributed by atoms with Crippen LogP contribution in [0.3, 0.4) is 0 Å². The molecule has 0 aromatic heterocycles. The summed E-state index contributed by atoms with van der Waals surface area (Å²) in [4.78, 5) is 12.0. The van der Waals surface area contributed by atoms with Crippen molar-refractivity contribution in [3.63, 3.8) is 0 Å². The van der Waals surface area contributed by atoms with Crippen molar-refractivity contribution in [1.82, 2.24) is 10.6 Å². The average Bonchev–Trinajstić information content (AvgIpc) is 2.46. The van der Waals surface area contributed by atoms with E-state index < -0.39 is 0 Å². The third-order valence-corrected chi connectivity index (χ3v) is 3.55. The number of piperidine rings is 1. The van der Waals surface area contributed by atoms with Gasteiger partial charge in [0.25, 0.3) is 0 Å². The van der Waals surface area contributed by atoms with Gasteiger partial charge in [-0.05, 0) is 43.5 Å². The SMILES string of the molecule is COc1ccc(CNC(=O)C2CCCCN2)cc1C. The lowest BCUT2D eigenvalue weighted by atomic mass is 10.0. The number of amides is 1. The summed E-state index contributed by atoms with van der Waals surface area (Å²) in [7, 11) is 1.67. The highest BCUT2D eigenvalue weighted by Gasteiger charge is 2.19. The first kappa shape index (κ1) is 13.9. The van der Waals surface area contributed by atoms with Crippen molar-refractivity contribution in [1.29, 1.82) is 0 Å². The van der Waals surface area contributed by atoms with Gasteiger partial charge in [-0.25, -0.2) is 0 Å². The highest BCUT2D eigenvalue weighted by molar-refractivity contribution is 5.81. The van der Waals surface area contributed by atoms with Gasteiger partial charge in [0.05, 0.1) is 13.2 Å². The molecule has 19 heavy (non-hydrogen) atoms. The van der Waals surface area contributed by atoms with Crippen molar-refractivity contribution >= 4 is 5.91 Å². The average molecular weight is 262 g/mol. The molecular weight excluding hydrogens is 240 g/mol. The lowest BCUT2D eigenvalue weighted by Gasteiger charge is -2.22. The Morgan fingerprint density at radius 2 is 2.32 bits per heavy atom. The second-order valence-electron chi connectivity index (χ2n) is 5.02. The molecule has 1 amide bonds. The number of methoxy groups -OCH3 is 1. The Kier molecular flexibility index (Phi) is 4.80. The first-order valence-corrected chi connectivity index (χ1v) is 6.85. The van der Waals surface area contributed by atoms with E-state index in [2.05, 4.69) is 10.6 Å². The fraction of sp³-hybridized carbons (Fsp3) is 0.533. The summed E-state index contributed by atoms with van der Waals surface area (Å²) in [5.41, 5.74) is 2.19. The number of aryl methyl sites for hydroxylation is 1. The zero-order valence-corrected chi connectivity index (χ0v) is 11.7. The van der Waals surface area contributed by atoms with Gasteiger partial charge in [0.15, 0.2) is 0 Å². The lowest BCUT2D eigenvalue weighted by molar-refractivity contribution is -0.123. The van der Waals surface area contributed by atoms with Crippen LogP contribution in [0.5, 0.6) is 5.75 Å². The quantitative estimate of drug-likeness (QED) is 0.869. The fourth-order valence-electron chi connectivity index (χ4n) is 2.44. The highest BCUT2D eigenvalue weighted by atomic mass is 16.5. The highest BCUT2D eigenvalue weighted by Crippen LogP contribution is 2.18. The molecule has 1 aromatic rings. The predicted octanol–water partition coefficient (Wildman–Crippen LogP) is 1.76. The molecule has 0 saturated carbocycles. The Hall–Kier alpha value is -1.55. The number of nitrogens with one attached hydrogen (secondary N) is 2. The zero-order chi connectivity index (χ0) is 13.7. The number of carbonyl (C=O) groups excluding carboxylic acids is 1. The Bertz CT molecular complexity index is 440. The summed E-state index contributed by atoms with van der Waals surface area (Å²) in [6, 6.07) is 5.96. The third kappa shape index (κ3) is 3.70. The van der Waals surface area contributed by atoms with Gasteiger partial charge in [0.1, 0.15) is 5.75 Å². The second kappa shape index (κ2) is 6.57. The van der Waals surface area contributed by atoms with E-state index in [4.69, 9.17) is 4.74 Å². The van der Waals surface area contributed by atoms with Crippen LogP contribution in [0, 0.1) is 6.92 Å². The molecule has 0 spiro atoms. The molecule has 0 bridgehead atoms. The molecule has 1 fully saturated rings. The molecule has 1 aromatic carbocycles. The van der Waals surface area contributed by atoms with E-state index in [1.807, 2.05) is 25.1 Å². The molecule has 4 nitrogen and oxygen atoms in total. The summed E-state index contributed by atoms with van der Waals surface area (Å²) in [5.74, 6) is 0.984. The summed E-state index contributed by atoms with van der Waals surface area (Å²) in [6.45, 7) is 3.52. The van der Waals surface area contributed by atoms with Crippen molar-refractivity contribution in [2.45, 2.75) is 38.8 Å². The van der Waals surface area contributed by atoms with E-state index in [9.17, 15) is 4.79 Å². The second-order valence-corrected chi connectivity index (χ2v) is 5.02. The summed E-state index contributed by atoms with van der Waals surface area (Å²) in [6.07, 6.45) is 3.24. The fourth-order valence-corrected chi connectivity index (χ4v) is 2.44. The van der Waals surface area contributed by atoms with Crippen LogP contribution in [0.4, 0.5) is 0 Å². The number of carbonyl (C=O) groups is 1. The van der Waals surface area contributed by atoms with Gasteiger partial charge >= 0.3 is 0 Å². The Labute approximate surface area is 114 Å². The van der Waals surface area contributed by atoms with Crippen molar-refractivity contribution in [2.75, 3.05) is 13.7 Å². The molecule has 1 saturated heterocycles. The van der Waals surface area contributed by atoms with Crippen LogP contribution in [0.1, 0.15) is 30.4 Å². The molecule has 104 valence electrons. The first-order chi connectivity index (χ1) is 9.20. The number of ether oxygens (including phenoxy) is 1. The van der Waals surface area contributed by atoms with E-state index in [1.54, 1.807) is 7.11 Å². The minimum absolute atomic E-state index is 0.0203. The van der Waals surface area contributed by atoms with Gasteiger partial charge in [-0.2, -0.15) is 0 Å². The van der Waals surface area contributed by atoms with Gasteiger partial charge in [0, 0.05) is 6.54 Å². The van der Waals surface area contributed by atoms with Crippen LogP contribution < -0.4 is 15.4 Å². The Morgan fingerprint density at radius 3 is 2.95 bits per heavy atom. The third-order valence-electron chi connectivity index (χ3n) is 3.55. The van der Waals surface area contributed by atoms with Crippen LogP contribution in [0.2, 0.25) is 0 Å². The molecule has 2 N–H and O–H groups in total. The van der Waals surface area contributed by atoms with Crippen molar-refractivity contribution in [3.8, 4) is 5.75 Å². The predicted molar refractivity (Wildman–Crippen MR) is 75.2 cm³/mol. The minimum atomic E-state index is -0.0203. The Balaban J connectivity index is 1.87. The van der Waals surface area contributed by atoms with Crippen LogP contribution in [-0.4, -0.2) is 25.6 Å². The van der Waals surface area contributed by atoms with E-state index in [0.29, 0.717) is 6.54 Å². The molecule has 0 radical (unpaired) electrons. The molecule has 0 aliphatic carbocycles. The first-order valence-electron chi connectivity index (χ1n) is 6.85. The molecule has 1 heterocycles.